The molecular weight excluding hydrogens is 392 g/mol. The zero-order valence-electron chi connectivity index (χ0n) is 10.4. The fourth-order valence-corrected chi connectivity index (χ4v) is 12.2. The van der Waals surface area contributed by atoms with E-state index in [-0.39, 0.29) is 0 Å². The molecule has 0 unspecified atom stereocenters. The summed E-state index contributed by atoms with van der Waals surface area (Å²) in [7, 11) is 4.47. The molecular formula is C14H20Br2S2. The Hall–Kier alpha value is 1.66. The lowest BCUT2D eigenvalue weighted by Gasteiger charge is -2.30. The van der Waals surface area contributed by atoms with Crippen molar-refractivity contribution >= 4 is 53.4 Å². The Kier molecular flexibility index (Phi) is 3.80. The minimum Gasteiger partial charge on any atom is -0.0889 e. The molecule has 4 bridgehead atoms. The average molecular weight is 412 g/mol. The van der Waals surface area contributed by atoms with Gasteiger partial charge in [-0.05, 0) is 62.2 Å². The van der Waals surface area contributed by atoms with Gasteiger partial charge in [0.25, 0.3) is 0 Å². The molecule has 4 heteroatoms. The van der Waals surface area contributed by atoms with Gasteiger partial charge < -0.3 is 0 Å². The van der Waals surface area contributed by atoms with E-state index in [0.29, 0.717) is 0 Å². The van der Waals surface area contributed by atoms with Crippen LogP contribution in [0.5, 0.6) is 0 Å². The van der Waals surface area contributed by atoms with Crippen LogP contribution in [0, 0.1) is 23.7 Å². The van der Waals surface area contributed by atoms with Crippen molar-refractivity contribution in [2.45, 2.75) is 58.7 Å². The van der Waals surface area contributed by atoms with E-state index in [4.69, 9.17) is 0 Å². The highest BCUT2D eigenvalue weighted by molar-refractivity contribution is 9.10. The van der Waals surface area contributed by atoms with Crippen molar-refractivity contribution in [3.05, 3.63) is 0 Å². The smallest absolute Gasteiger partial charge is 0.0307 e. The zero-order valence-corrected chi connectivity index (χ0v) is 15.2. The molecule has 0 aromatic rings. The highest BCUT2D eigenvalue weighted by atomic mass is 79.9. The molecule has 102 valence electrons. The van der Waals surface area contributed by atoms with Crippen LogP contribution in [0.3, 0.4) is 0 Å². The van der Waals surface area contributed by atoms with Gasteiger partial charge in [-0.3, -0.25) is 0 Å². The Morgan fingerprint density at radius 1 is 0.611 bits per heavy atom. The van der Waals surface area contributed by atoms with Gasteiger partial charge in [0, 0.05) is 20.2 Å². The Labute approximate surface area is 135 Å². The van der Waals surface area contributed by atoms with E-state index in [1.54, 1.807) is 0 Å². The first-order chi connectivity index (χ1) is 8.74. The molecule has 0 saturated heterocycles. The fraction of sp³-hybridized carbons (Fsp3) is 1.00. The van der Waals surface area contributed by atoms with Crippen LogP contribution in [0.1, 0.15) is 38.5 Å². The maximum Gasteiger partial charge on any atom is 0.0307 e. The summed E-state index contributed by atoms with van der Waals surface area (Å²) in [6.07, 6.45) is 8.97. The second-order valence-electron chi connectivity index (χ2n) is 6.68. The Morgan fingerprint density at radius 3 is 1.33 bits per heavy atom. The molecule has 0 aromatic carbocycles. The van der Waals surface area contributed by atoms with E-state index in [1.165, 1.54) is 38.5 Å². The third kappa shape index (κ3) is 2.07. The van der Waals surface area contributed by atoms with E-state index in [2.05, 4.69) is 53.4 Å². The Bertz CT molecular complexity index is 302. The Balaban J connectivity index is 1.36. The van der Waals surface area contributed by atoms with Gasteiger partial charge in [0.05, 0.1) is 0 Å². The van der Waals surface area contributed by atoms with Crippen molar-refractivity contribution in [2.75, 3.05) is 0 Å². The van der Waals surface area contributed by atoms with E-state index in [1.807, 2.05) is 0 Å². The van der Waals surface area contributed by atoms with Crippen molar-refractivity contribution in [3.8, 4) is 0 Å². The van der Waals surface area contributed by atoms with Crippen molar-refractivity contribution < 1.29 is 0 Å². The first-order valence-corrected chi connectivity index (χ1v) is 11.4. The zero-order chi connectivity index (χ0) is 12.3. The molecule has 4 aliphatic rings. The molecule has 4 saturated carbocycles. The SMILES string of the molecule is Br[C@@H]1[C@H]2CC[C@H](C2)[C@@H]1SS[C@@H]1[C@H]2CC[C@H](C2)[C@@H]1Br. The second-order valence-corrected chi connectivity index (χ2v) is 11.4. The van der Waals surface area contributed by atoms with Crippen LogP contribution in [-0.4, -0.2) is 20.2 Å². The molecule has 0 radical (unpaired) electrons. The van der Waals surface area contributed by atoms with Gasteiger partial charge in [-0.15, -0.1) is 0 Å². The van der Waals surface area contributed by atoms with Crippen LogP contribution in [0.25, 0.3) is 0 Å². The van der Waals surface area contributed by atoms with Crippen LogP contribution in [-0.2, 0) is 0 Å². The molecule has 0 aliphatic heterocycles. The summed E-state index contributed by atoms with van der Waals surface area (Å²) >= 11 is 7.96. The van der Waals surface area contributed by atoms with Gasteiger partial charge in [-0.25, -0.2) is 0 Å². The normalized spacial score (nSPS) is 57.7. The predicted octanol–water partition coefficient (Wildman–Crippen LogP) is 5.49. The van der Waals surface area contributed by atoms with E-state index < -0.39 is 0 Å². The second kappa shape index (κ2) is 5.14. The van der Waals surface area contributed by atoms with Gasteiger partial charge in [0.2, 0.25) is 0 Å². The number of alkyl halides is 2. The molecule has 8 atom stereocenters. The molecule has 4 rings (SSSR count). The number of halogens is 2. The lowest BCUT2D eigenvalue weighted by molar-refractivity contribution is 0.507. The summed E-state index contributed by atoms with van der Waals surface area (Å²) in [6.45, 7) is 0. The van der Waals surface area contributed by atoms with Crippen molar-refractivity contribution in [2.24, 2.45) is 23.7 Å². The molecule has 18 heavy (non-hydrogen) atoms. The summed E-state index contributed by atoms with van der Waals surface area (Å²) in [4.78, 5) is 1.61. The molecule has 0 amide bonds. The summed E-state index contributed by atoms with van der Waals surface area (Å²) in [5, 5.41) is 1.79. The van der Waals surface area contributed by atoms with Gasteiger partial charge in [-0.2, -0.15) is 0 Å². The molecule has 0 N–H and O–H groups in total. The maximum absolute atomic E-state index is 3.98. The van der Waals surface area contributed by atoms with Gasteiger partial charge in [0.15, 0.2) is 0 Å². The van der Waals surface area contributed by atoms with Gasteiger partial charge in [-0.1, -0.05) is 53.4 Å². The summed E-state index contributed by atoms with van der Waals surface area (Å²) < 4.78 is 0. The third-order valence-corrected chi connectivity index (χ3v) is 12.7. The topological polar surface area (TPSA) is 0 Å². The highest BCUT2D eigenvalue weighted by Gasteiger charge is 2.50. The molecule has 0 nitrogen and oxygen atoms in total. The minimum atomic E-state index is 0.807. The van der Waals surface area contributed by atoms with Crippen LogP contribution in [0.4, 0.5) is 0 Å². The number of hydrogen-bond acceptors (Lipinski definition) is 2. The third-order valence-electron chi connectivity index (χ3n) is 5.76. The van der Waals surface area contributed by atoms with Crippen molar-refractivity contribution in [3.63, 3.8) is 0 Å². The molecule has 4 aliphatic carbocycles. The summed E-state index contributed by atoms with van der Waals surface area (Å²) in [6, 6.07) is 0. The average Bonchev–Trinajstić information content (AvgIpc) is 3.08. The number of fused-ring (bicyclic) bond motifs is 4. The van der Waals surface area contributed by atoms with Gasteiger partial charge >= 0.3 is 0 Å². The predicted molar refractivity (Wildman–Crippen MR) is 89.9 cm³/mol. The van der Waals surface area contributed by atoms with E-state index in [9.17, 15) is 0 Å². The fourth-order valence-electron chi connectivity index (χ4n) is 4.73. The standard InChI is InChI=1S/C14H20Br2S2/c15-11-7-1-3-9(5-7)13(11)17-18-14-10-4-2-8(6-10)12(14)16/h7-14H,1-6H2/t7-,8+,9+,10-,11+,12-,13-,14+. The minimum absolute atomic E-state index is 0.807. The van der Waals surface area contributed by atoms with Gasteiger partial charge in [0.1, 0.15) is 0 Å². The van der Waals surface area contributed by atoms with E-state index in [0.717, 1.165) is 43.8 Å². The van der Waals surface area contributed by atoms with Crippen molar-refractivity contribution in [1.29, 1.82) is 0 Å². The van der Waals surface area contributed by atoms with Crippen LogP contribution in [0.15, 0.2) is 0 Å². The van der Waals surface area contributed by atoms with Crippen LogP contribution < -0.4 is 0 Å². The largest absolute Gasteiger partial charge is 0.0889 e. The number of hydrogen-bond donors (Lipinski definition) is 0. The maximum atomic E-state index is 3.98. The summed E-state index contributed by atoms with van der Waals surface area (Å²) in [5.74, 6) is 4.02. The number of rotatable bonds is 3. The van der Waals surface area contributed by atoms with Crippen LogP contribution >= 0.6 is 53.4 Å². The van der Waals surface area contributed by atoms with E-state index >= 15 is 0 Å². The lowest BCUT2D eigenvalue weighted by Crippen LogP contribution is -2.27. The lowest BCUT2D eigenvalue weighted by atomic mass is 10.0. The molecule has 0 spiro atoms. The van der Waals surface area contributed by atoms with Crippen LogP contribution in [0.2, 0.25) is 0 Å². The summed E-state index contributed by atoms with van der Waals surface area (Å²) in [5.41, 5.74) is 0. The Morgan fingerprint density at radius 2 is 1.00 bits per heavy atom. The monoisotopic (exact) mass is 410 g/mol. The quantitative estimate of drug-likeness (QED) is 0.444. The highest BCUT2D eigenvalue weighted by Crippen LogP contribution is 2.60. The first kappa shape index (κ1) is 13.3. The van der Waals surface area contributed by atoms with Crippen molar-refractivity contribution in [1.82, 2.24) is 0 Å². The molecule has 0 heterocycles. The first-order valence-electron chi connectivity index (χ1n) is 7.34. The molecule has 0 aromatic heterocycles. The molecule has 4 fully saturated rings.